The van der Waals surface area contributed by atoms with Crippen molar-refractivity contribution in [1.29, 1.82) is 0 Å². The molecule has 0 aliphatic heterocycles. The van der Waals surface area contributed by atoms with E-state index in [1.807, 2.05) is 37.7 Å². The minimum absolute atomic E-state index is 0.0244. The van der Waals surface area contributed by atoms with E-state index in [0.29, 0.717) is 0 Å². The van der Waals surface area contributed by atoms with E-state index in [9.17, 15) is 0 Å². The fourth-order valence-corrected chi connectivity index (χ4v) is 2.53. The second-order valence-electron chi connectivity index (χ2n) is 4.99. The number of nitrogens with zero attached hydrogens (tertiary/aromatic N) is 4. The van der Waals surface area contributed by atoms with Gasteiger partial charge in [-0.15, -0.1) is 0 Å². The van der Waals surface area contributed by atoms with Gasteiger partial charge in [0.25, 0.3) is 0 Å². The maximum atomic E-state index is 5.23. The van der Waals surface area contributed by atoms with E-state index in [1.165, 1.54) is 0 Å². The molecule has 110 valence electrons. The van der Waals surface area contributed by atoms with Gasteiger partial charge in [-0.3, -0.25) is 0 Å². The molecule has 0 aliphatic rings. The lowest BCUT2D eigenvalue weighted by Crippen LogP contribution is -2.12. The van der Waals surface area contributed by atoms with Crippen LogP contribution in [-0.4, -0.2) is 26.6 Å². The van der Waals surface area contributed by atoms with Gasteiger partial charge in [-0.2, -0.15) is 0 Å². The number of hydrogen-bond acceptors (Lipinski definition) is 6. The summed E-state index contributed by atoms with van der Waals surface area (Å²) < 4.78 is 7.16. The minimum atomic E-state index is 0.0244. The van der Waals surface area contributed by atoms with Crippen molar-refractivity contribution >= 4 is 17.3 Å². The Hall–Kier alpha value is -2.57. The van der Waals surface area contributed by atoms with E-state index >= 15 is 0 Å². The maximum Gasteiger partial charge on any atom is 0.180 e. The fraction of sp³-hybridized carbons (Fsp3) is 0.357. The van der Waals surface area contributed by atoms with Gasteiger partial charge in [0.2, 0.25) is 0 Å². The summed E-state index contributed by atoms with van der Waals surface area (Å²) in [6.45, 7) is 5.91. The zero-order chi connectivity index (χ0) is 15.0. The summed E-state index contributed by atoms with van der Waals surface area (Å²) >= 11 is 0. The topological polar surface area (TPSA) is 80.3 Å². The Morgan fingerprint density at radius 2 is 2.14 bits per heavy atom. The van der Waals surface area contributed by atoms with Crippen molar-refractivity contribution in [2.75, 3.05) is 17.7 Å². The molecule has 3 heterocycles. The standard InChI is InChI=1S/C14H18N6O/c1-8(12-9(2)19-21-10(12)3)17-13-14-16-5-6-20(14)7-11(15-4)18-13/h5-8,15H,1-4H3,(H,17,18). The molecule has 1 atom stereocenters. The largest absolute Gasteiger partial charge is 0.372 e. The monoisotopic (exact) mass is 286 g/mol. The van der Waals surface area contributed by atoms with E-state index in [-0.39, 0.29) is 6.04 Å². The maximum absolute atomic E-state index is 5.23. The van der Waals surface area contributed by atoms with E-state index in [1.54, 1.807) is 6.20 Å². The number of imidazole rings is 1. The van der Waals surface area contributed by atoms with Crippen LogP contribution in [0, 0.1) is 13.8 Å². The van der Waals surface area contributed by atoms with Gasteiger partial charge in [-0.05, 0) is 20.8 Å². The molecular weight excluding hydrogens is 268 g/mol. The predicted molar refractivity (Wildman–Crippen MR) is 80.5 cm³/mol. The lowest BCUT2D eigenvalue weighted by molar-refractivity contribution is 0.392. The average Bonchev–Trinajstić information content (AvgIpc) is 3.05. The Morgan fingerprint density at radius 3 is 2.81 bits per heavy atom. The lowest BCUT2D eigenvalue weighted by atomic mass is 10.1. The molecule has 2 N–H and O–H groups in total. The Labute approximate surface area is 122 Å². The highest BCUT2D eigenvalue weighted by Crippen LogP contribution is 2.26. The van der Waals surface area contributed by atoms with Crippen LogP contribution in [0.15, 0.2) is 23.1 Å². The molecule has 1 unspecified atom stereocenters. The number of fused-ring (bicyclic) bond motifs is 1. The van der Waals surface area contributed by atoms with Crippen LogP contribution in [0.1, 0.15) is 30.0 Å². The summed E-state index contributed by atoms with van der Waals surface area (Å²) in [4.78, 5) is 8.89. The van der Waals surface area contributed by atoms with Crippen LogP contribution in [0.4, 0.5) is 11.6 Å². The summed E-state index contributed by atoms with van der Waals surface area (Å²) in [7, 11) is 1.84. The number of aryl methyl sites for hydroxylation is 2. The lowest BCUT2D eigenvalue weighted by Gasteiger charge is -2.15. The molecule has 3 rings (SSSR count). The van der Waals surface area contributed by atoms with Crippen molar-refractivity contribution in [2.24, 2.45) is 0 Å². The van der Waals surface area contributed by atoms with Gasteiger partial charge in [0.05, 0.1) is 17.9 Å². The zero-order valence-electron chi connectivity index (χ0n) is 12.5. The molecule has 0 aromatic carbocycles. The quantitative estimate of drug-likeness (QED) is 0.767. The fourth-order valence-electron chi connectivity index (χ4n) is 2.53. The van der Waals surface area contributed by atoms with Gasteiger partial charge in [-0.25, -0.2) is 9.97 Å². The number of nitrogens with one attached hydrogen (secondary N) is 2. The molecule has 3 aromatic heterocycles. The molecule has 0 spiro atoms. The first-order chi connectivity index (χ1) is 10.1. The van der Waals surface area contributed by atoms with Crippen molar-refractivity contribution in [3.63, 3.8) is 0 Å². The van der Waals surface area contributed by atoms with Crippen LogP contribution in [0.5, 0.6) is 0 Å². The van der Waals surface area contributed by atoms with E-state index in [2.05, 4.69) is 32.7 Å². The van der Waals surface area contributed by atoms with Gasteiger partial charge in [0.1, 0.15) is 11.6 Å². The molecule has 0 aliphatic carbocycles. The molecule has 7 heteroatoms. The molecule has 0 fully saturated rings. The summed E-state index contributed by atoms with van der Waals surface area (Å²) in [6, 6.07) is 0.0244. The molecule has 0 saturated carbocycles. The highest BCUT2D eigenvalue weighted by molar-refractivity contribution is 5.66. The Kier molecular flexibility index (Phi) is 3.25. The first kappa shape index (κ1) is 13.4. The smallest absolute Gasteiger partial charge is 0.180 e. The van der Waals surface area contributed by atoms with Crippen LogP contribution >= 0.6 is 0 Å². The van der Waals surface area contributed by atoms with Crippen LogP contribution < -0.4 is 10.6 Å². The van der Waals surface area contributed by atoms with Crippen LogP contribution in [0.2, 0.25) is 0 Å². The normalized spacial score (nSPS) is 12.6. The van der Waals surface area contributed by atoms with Gasteiger partial charge in [0, 0.05) is 25.0 Å². The second-order valence-corrected chi connectivity index (χ2v) is 4.99. The molecule has 3 aromatic rings. The second kappa shape index (κ2) is 5.08. The number of anilines is 2. The summed E-state index contributed by atoms with van der Waals surface area (Å²) in [5, 5.41) is 10.4. The van der Waals surface area contributed by atoms with Crippen LogP contribution in [-0.2, 0) is 0 Å². The first-order valence-corrected chi connectivity index (χ1v) is 6.81. The summed E-state index contributed by atoms with van der Waals surface area (Å²) in [6.07, 6.45) is 5.54. The third kappa shape index (κ3) is 2.31. The Morgan fingerprint density at radius 1 is 1.33 bits per heavy atom. The summed E-state index contributed by atoms with van der Waals surface area (Å²) in [5.41, 5.74) is 2.72. The van der Waals surface area contributed by atoms with Crippen molar-refractivity contribution in [3.05, 3.63) is 35.6 Å². The molecule has 0 radical (unpaired) electrons. The third-order valence-electron chi connectivity index (χ3n) is 3.51. The average molecular weight is 286 g/mol. The van der Waals surface area contributed by atoms with E-state index in [0.717, 1.165) is 34.3 Å². The molecule has 21 heavy (non-hydrogen) atoms. The predicted octanol–water partition coefficient (Wildman–Crippen LogP) is 2.55. The summed E-state index contributed by atoms with van der Waals surface area (Å²) in [5.74, 6) is 2.31. The first-order valence-electron chi connectivity index (χ1n) is 6.81. The van der Waals surface area contributed by atoms with Gasteiger partial charge >= 0.3 is 0 Å². The molecule has 7 nitrogen and oxygen atoms in total. The van der Waals surface area contributed by atoms with E-state index < -0.39 is 0 Å². The van der Waals surface area contributed by atoms with Gasteiger partial charge < -0.3 is 19.6 Å². The van der Waals surface area contributed by atoms with Crippen molar-refractivity contribution in [1.82, 2.24) is 19.5 Å². The van der Waals surface area contributed by atoms with Crippen molar-refractivity contribution < 1.29 is 4.52 Å². The Bertz CT molecular complexity index is 755. The van der Waals surface area contributed by atoms with Gasteiger partial charge in [0.15, 0.2) is 11.5 Å². The number of aromatic nitrogens is 4. The molecular formula is C14H18N6O. The van der Waals surface area contributed by atoms with Crippen LogP contribution in [0.25, 0.3) is 5.65 Å². The highest BCUT2D eigenvalue weighted by Gasteiger charge is 2.18. The van der Waals surface area contributed by atoms with Gasteiger partial charge in [-0.1, -0.05) is 5.16 Å². The van der Waals surface area contributed by atoms with E-state index in [4.69, 9.17) is 4.52 Å². The number of rotatable bonds is 4. The molecule has 0 saturated heterocycles. The highest BCUT2D eigenvalue weighted by atomic mass is 16.5. The van der Waals surface area contributed by atoms with Crippen molar-refractivity contribution in [2.45, 2.75) is 26.8 Å². The third-order valence-corrected chi connectivity index (χ3v) is 3.51. The molecule has 0 amide bonds. The minimum Gasteiger partial charge on any atom is -0.372 e. The van der Waals surface area contributed by atoms with Crippen LogP contribution in [0.3, 0.4) is 0 Å². The SMILES string of the molecule is CNc1cn2ccnc2c(NC(C)c2c(C)noc2C)n1. The van der Waals surface area contributed by atoms with Crippen molar-refractivity contribution in [3.8, 4) is 0 Å². The molecule has 0 bridgehead atoms. The number of hydrogen-bond donors (Lipinski definition) is 2. The zero-order valence-corrected chi connectivity index (χ0v) is 12.5. The Balaban J connectivity index is 1.99.